The summed E-state index contributed by atoms with van der Waals surface area (Å²) in [5.74, 6) is -1.04. The number of thiophene rings is 1. The molecule has 2 aliphatic rings. The van der Waals surface area contributed by atoms with Crippen molar-refractivity contribution in [1.29, 1.82) is 0 Å². The van der Waals surface area contributed by atoms with E-state index in [1.807, 2.05) is 6.92 Å². The maximum absolute atomic E-state index is 12.9. The number of carbonyl (C=O) groups is 4. The molecule has 0 aliphatic carbocycles. The topological polar surface area (TPSA) is 95.6 Å². The molecule has 8 heteroatoms. The first-order valence-electron chi connectivity index (χ1n) is 12.2. The van der Waals surface area contributed by atoms with Gasteiger partial charge in [0.1, 0.15) is 6.04 Å². The Morgan fingerprint density at radius 1 is 1.20 bits per heavy atom. The van der Waals surface area contributed by atoms with Gasteiger partial charge in [-0.15, -0.1) is 11.3 Å². The number of carbonyl (C=O) groups excluding carboxylic acids is 4. The third-order valence-corrected chi connectivity index (χ3v) is 7.97. The van der Waals surface area contributed by atoms with Gasteiger partial charge < -0.3 is 10.2 Å². The van der Waals surface area contributed by atoms with Gasteiger partial charge in [-0.2, -0.15) is 0 Å². The number of hydrogen-bond acceptors (Lipinski definition) is 5. The summed E-state index contributed by atoms with van der Waals surface area (Å²) in [5, 5.41) is 7.14. The SMILES string of the molecule is CC(CCc1ccc(C(C)(C)C)cc1)C(=O)NCc1scc2c1CN(C1CCC(=O)NC1=O)C2=O. The first kappa shape index (κ1) is 25.1. The van der Waals surface area contributed by atoms with Crippen molar-refractivity contribution in [2.24, 2.45) is 5.92 Å². The fourth-order valence-corrected chi connectivity index (χ4v) is 5.55. The Bertz CT molecular complexity index is 1150. The predicted molar refractivity (Wildman–Crippen MR) is 135 cm³/mol. The van der Waals surface area contributed by atoms with E-state index in [1.165, 1.54) is 27.4 Å². The zero-order chi connectivity index (χ0) is 25.3. The molecule has 4 amide bonds. The van der Waals surface area contributed by atoms with E-state index in [-0.39, 0.29) is 35.5 Å². The lowest BCUT2D eigenvalue weighted by Gasteiger charge is -2.29. The molecule has 1 saturated heterocycles. The molecule has 0 spiro atoms. The van der Waals surface area contributed by atoms with Crippen molar-refractivity contribution in [2.75, 3.05) is 0 Å². The predicted octanol–water partition coefficient (Wildman–Crippen LogP) is 3.69. The molecule has 0 radical (unpaired) electrons. The molecule has 3 heterocycles. The molecule has 2 aliphatic heterocycles. The molecular weight excluding hydrogens is 462 g/mol. The molecule has 1 fully saturated rings. The van der Waals surface area contributed by atoms with Gasteiger partial charge in [0, 0.05) is 29.1 Å². The van der Waals surface area contributed by atoms with E-state index in [0.717, 1.165) is 23.3 Å². The first-order valence-corrected chi connectivity index (χ1v) is 13.0. The van der Waals surface area contributed by atoms with Crippen molar-refractivity contribution >= 4 is 35.0 Å². The Morgan fingerprint density at radius 3 is 2.57 bits per heavy atom. The molecule has 2 N–H and O–H groups in total. The van der Waals surface area contributed by atoms with Crippen LogP contribution in [0.4, 0.5) is 0 Å². The molecule has 0 saturated carbocycles. The summed E-state index contributed by atoms with van der Waals surface area (Å²) < 4.78 is 0. The maximum Gasteiger partial charge on any atom is 0.256 e. The van der Waals surface area contributed by atoms with E-state index in [1.54, 1.807) is 5.38 Å². The molecule has 7 nitrogen and oxygen atoms in total. The normalized spacial score (nSPS) is 18.9. The lowest BCUT2D eigenvalue weighted by atomic mass is 9.86. The van der Waals surface area contributed by atoms with Gasteiger partial charge in [0.15, 0.2) is 0 Å². The molecule has 2 unspecified atom stereocenters. The average Bonchev–Trinajstić information content (AvgIpc) is 3.35. The van der Waals surface area contributed by atoms with Crippen molar-refractivity contribution in [3.8, 4) is 0 Å². The first-order chi connectivity index (χ1) is 16.5. The third kappa shape index (κ3) is 5.48. The highest BCUT2D eigenvalue weighted by molar-refractivity contribution is 7.10. The lowest BCUT2D eigenvalue weighted by Crippen LogP contribution is -2.52. The van der Waals surface area contributed by atoms with Crippen molar-refractivity contribution in [3.05, 3.63) is 56.8 Å². The van der Waals surface area contributed by atoms with Crippen molar-refractivity contribution < 1.29 is 19.2 Å². The molecule has 186 valence electrons. The molecule has 35 heavy (non-hydrogen) atoms. The highest BCUT2D eigenvalue weighted by Crippen LogP contribution is 2.33. The molecule has 1 aromatic heterocycles. The van der Waals surface area contributed by atoms with Crippen LogP contribution in [0.25, 0.3) is 0 Å². The van der Waals surface area contributed by atoms with E-state index in [4.69, 9.17) is 0 Å². The second kappa shape index (κ2) is 9.93. The van der Waals surface area contributed by atoms with Crippen molar-refractivity contribution in [2.45, 2.75) is 77.9 Å². The summed E-state index contributed by atoms with van der Waals surface area (Å²) in [4.78, 5) is 51.7. The standard InChI is InChI=1S/C27H33N3O4S/c1-16(5-6-17-7-9-18(10-8-17)27(2,3)4)24(32)28-13-22-19-14-30(26(34)20(19)15-35-22)21-11-12-23(31)29-25(21)33/h7-10,15-16,21H,5-6,11-14H2,1-4H3,(H,28,32)(H,29,31,33). The Labute approximate surface area is 210 Å². The van der Waals surface area contributed by atoms with Gasteiger partial charge in [0.05, 0.1) is 12.1 Å². The Morgan fingerprint density at radius 2 is 1.91 bits per heavy atom. The Hall–Kier alpha value is -3.00. The zero-order valence-electron chi connectivity index (χ0n) is 20.8. The molecule has 4 rings (SSSR count). The minimum Gasteiger partial charge on any atom is -0.351 e. The quantitative estimate of drug-likeness (QED) is 0.573. The van der Waals surface area contributed by atoms with Gasteiger partial charge in [-0.3, -0.25) is 24.5 Å². The maximum atomic E-state index is 12.9. The second-order valence-electron chi connectivity index (χ2n) is 10.6. The number of imide groups is 1. The number of rotatable bonds is 7. The smallest absolute Gasteiger partial charge is 0.256 e. The summed E-state index contributed by atoms with van der Waals surface area (Å²) in [6.07, 6.45) is 2.16. The fourth-order valence-electron chi connectivity index (χ4n) is 4.58. The minimum atomic E-state index is -0.627. The molecule has 2 aromatic rings. The lowest BCUT2D eigenvalue weighted by molar-refractivity contribution is -0.137. The highest BCUT2D eigenvalue weighted by Gasteiger charge is 2.40. The number of aryl methyl sites for hydroxylation is 1. The van der Waals surface area contributed by atoms with Gasteiger partial charge in [-0.1, -0.05) is 52.0 Å². The Balaban J connectivity index is 1.30. The number of piperidine rings is 1. The van der Waals surface area contributed by atoms with E-state index >= 15 is 0 Å². The summed E-state index contributed by atoms with van der Waals surface area (Å²) in [6.45, 7) is 9.21. The highest BCUT2D eigenvalue weighted by atomic mass is 32.1. The van der Waals surface area contributed by atoms with Gasteiger partial charge in [-0.05, 0) is 41.4 Å². The van der Waals surface area contributed by atoms with Gasteiger partial charge in [0.2, 0.25) is 17.7 Å². The number of fused-ring (bicyclic) bond motifs is 1. The average molecular weight is 496 g/mol. The second-order valence-corrected chi connectivity index (χ2v) is 11.5. The number of hydrogen-bond donors (Lipinski definition) is 2. The molecule has 2 atom stereocenters. The van der Waals surface area contributed by atoms with E-state index in [9.17, 15) is 19.2 Å². The van der Waals surface area contributed by atoms with E-state index in [2.05, 4.69) is 55.7 Å². The van der Waals surface area contributed by atoms with Crippen LogP contribution in [-0.4, -0.2) is 34.6 Å². The van der Waals surface area contributed by atoms with Crippen molar-refractivity contribution in [1.82, 2.24) is 15.5 Å². The van der Waals surface area contributed by atoms with Crippen LogP contribution in [-0.2, 0) is 39.3 Å². The van der Waals surface area contributed by atoms with Gasteiger partial charge >= 0.3 is 0 Å². The van der Waals surface area contributed by atoms with Crippen molar-refractivity contribution in [3.63, 3.8) is 0 Å². The summed E-state index contributed by atoms with van der Waals surface area (Å²) in [6, 6.07) is 7.99. The van der Waals surface area contributed by atoms with Crippen LogP contribution >= 0.6 is 11.3 Å². The zero-order valence-corrected chi connectivity index (χ0v) is 21.6. The van der Waals surface area contributed by atoms with E-state index < -0.39 is 11.9 Å². The number of nitrogens with one attached hydrogen (secondary N) is 2. The largest absolute Gasteiger partial charge is 0.351 e. The van der Waals surface area contributed by atoms with Gasteiger partial charge in [0.25, 0.3) is 5.91 Å². The molecular formula is C27H33N3O4S. The van der Waals surface area contributed by atoms with Crippen LogP contribution in [0.3, 0.4) is 0 Å². The fraction of sp³-hybridized carbons (Fsp3) is 0.481. The van der Waals surface area contributed by atoms with Crippen LogP contribution in [0.1, 0.15) is 78.9 Å². The Kier molecular flexibility index (Phi) is 7.12. The number of nitrogens with zero attached hydrogens (tertiary/aromatic N) is 1. The summed E-state index contributed by atoms with van der Waals surface area (Å²) >= 11 is 1.46. The number of amides is 4. The molecule has 1 aromatic carbocycles. The van der Waals surface area contributed by atoms with Crippen LogP contribution in [0.15, 0.2) is 29.6 Å². The minimum absolute atomic E-state index is 0.00943. The van der Waals surface area contributed by atoms with Gasteiger partial charge in [-0.25, -0.2) is 0 Å². The summed E-state index contributed by atoms with van der Waals surface area (Å²) in [7, 11) is 0. The number of benzene rings is 1. The van der Waals surface area contributed by atoms with Crippen LogP contribution in [0.2, 0.25) is 0 Å². The van der Waals surface area contributed by atoms with Crippen LogP contribution in [0, 0.1) is 5.92 Å². The summed E-state index contributed by atoms with van der Waals surface area (Å²) in [5.41, 5.74) is 4.11. The monoisotopic (exact) mass is 495 g/mol. The third-order valence-electron chi connectivity index (χ3n) is 6.94. The van der Waals surface area contributed by atoms with Crippen LogP contribution in [0.5, 0.6) is 0 Å². The van der Waals surface area contributed by atoms with Crippen LogP contribution < -0.4 is 10.6 Å². The molecule has 0 bridgehead atoms. The van der Waals surface area contributed by atoms with E-state index in [0.29, 0.717) is 25.1 Å².